The van der Waals surface area contributed by atoms with Gasteiger partial charge in [0.1, 0.15) is 0 Å². The number of hydrogen-bond acceptors (Lipinski definition) is 0. The maximum absolute atomic E-state index is 2.25. The van der Waals surface area contributed by atoms with Gasteiger partial charge in [-0.15, -0.1) is 24.8 Å². The van der Waals surface area contributed by atoms with Crippen LogP contribution in [-0.2, 0) is 0 Å². The minimum Gasteiger partial charge on any atom is -0.147 e. The largest absolute Gasteiger partial charge is 0.147 e. The second-order valence-corrected chi connectivity index (χ2v) is 3.14. The Morgan fingerprint density at radius 1 is 1.12 bits per heavy atom. The molecule has 0 rings (SSSR count). The Labute approximate surface area is 79.2 Å². The molecule has 0 saturated heterocycles. The van der Waals surface area contributed by atoms with Crippen LogP contribution in [0.15, 0.2) is 0 Å². The summed E-state index contributed by atoms with van der Waals surface area (Å²) in [5, 5.41) is 0. The van der Waals surface area contributed by atoms with E-state index >= 15 is 0 Å². The molecule has 0 aliphatic heterocycles. The Bertz CT molecular complexity index is 22.4. The fourth-order valence-electron chi connectivity index (χ4n) is 0.394. The summed E-state index contributed by atoms with van der Waals surface area (Å²) in [5.41, 5.74) is 0. The van der Waals surface area contributed by atoms with Gasteiger partial charge >= 0.3 is 54.7 Å². The van der Waals surface area contributed by atoms with E-state index in [0.717, 1.165) is 0 Å². The first kappa shape index (κ1) is 16.2. The van der Waals surface area contributed by atoms with Crippen molar-refractivity contribution in [3.63, 3.8) is 0 Å². The molecule has 0 N–H and O–H groups in total. The average Bonchev–Trinajstić information content (AvgIpc) is 1.61. The molecule has 0 spiro atoms. The SMILES string of the molecule is CCCC[CH2][In].Cl.Cl. The average molecular weight is 259 g/mol. The molecular weight excluding hydrogens is 246 g/mol. The van der Waals surface area contributed by atoms with Crippen molar-refractivity contribution in [1.82, 2.24) is 0 Å². The molecule has 0 aliphatic rings. The Morgan fingerprint density at radius 3 is 1.75 bits per heavy atom. The van der Waals surface area contributed by atoms with Crippen molar-refractivity contribution in [1.29, 1.82) is 0 Å². The first-order valence-corrected chi connectivity index (χ1v) is 4.95. The topological polar surface area (TPSA) is 0 Å². The van der Waals surface area contributed by atoms with E-state index in [0.29, 0.717) is 0 Å². The standard InChI is InChI=1S/C5H11.2ClH.In/c1-3-5-4-2;;;/h1,3-5H2,2H3;2*1H;. The van der Waals surface area contributed by atoms with Crippen LogP contribution in [0.4, 0.5) is 0 Å². The predicted octanol–water partition coefficient (Wildman–Crippen LogP) is 2.61. The maximum Gasteiger partial charge on any atom is -0.147 e. The molecule has 0 aromatic heterocycles. The van der Waals surface area contributed by atoms with Crippen LogP contribution in [0.25, 0.3) is 0 Å². The summed E-state index contributed by atoms with van der Waals surface area (Å²) >= 11 is 1.46. The monoisotopic (exact) mass is 258 g/mol. The molecule has 3 heteroatoms. The van der Waals surface area contributed by atoms with Crippen molar-refractivity contribution in [2.24, 2.45) is 0 Å². The molecule has 0 bridgehead atoms. The normalized spacial score (nSPS) is 6.62. The minimum atomic E-state index is 0. The smallest absolute Gasteiger partial charge is 0.147 e. The summed E-state index contributed by atoms with van der Waals surface area (Å²) in [7, 11) is 0. The molecule has 0 heterocycles. The van der Waals surface area contributed by atoms with E-state index in [1.807, 2.05) is 0 Å². The molecule has 0 atom stereocenters. The molecule has 0 fully saturated rings. The first-order valence-electron chi connectivity index (χ1n) is 2.62. The fourth-order valence-corrected chi connectivity index (χ4v) is 1.22. The van der Waals surface area contributed by atoms with Crippen molar-refractivity contribution < 1.29 is 0 Å². The fraction of sp³-hybridized carbons (Fsp3) is 1.00. The molecule has 2 radical (unpaired) electrons. The Morgan fingerprint density at radius 2 is 1.62 bits per heavy atom. The van der Waals surface area contributed by atoms with Gasteiger partial charge in [0.2, 0.25) is 0 Å². The summed E-state index contributed by atoms with van der Waals surface area (Å²) in [6.45, 7) is 2.25. The third-order valence-corrected chi connectivity index (χ3v) is 1.97. The first-order chi connectivity index (χ1) is 2.91. The Kier molecular flexibility index (Phi) is 32.0. The zero-order chi connectivity index (χ0) is 4.83. The van der Waals surface area contributed by atoms with Gasteiger partial charge in [-0.05, 0) is 0 Å². The van der Waals surface area contributed by atoms with Gasteiger partial charge in [0, 0.05) is 0 Å². The second kappa shape index (κ2) is 15.8. The van der Waals surface area contributed by atoms with Crippen molar-refractivity contribution in [2.45, 2.75) is 30.4 Å². The molecule has 0 unspecified atom stereocenters. The van der Waals surface area contributed by atoms with Crippen LogP contribution < -0.4 is 0 Å². The number of hydrogen-bond donors (Lipinski definition) is 0. The quantitative estimate of drug-likeness (QED) is 0.683. The van der Waals surface area contributed by atoms with E-state index in [2.05, 4.69) is 6.92 Å². The van der Waals surface area contributed by atoms with E-state index in [1.165, 1.54) is 47.8 Å². The number of rotatable bonds is 3. The van der Waals surface area contributed by atoms with Crippen LogP contribution in [0.5, 0.6) is 0 Å². The maximum atomic E-state index is 2.25. The summed E-state index contributed by atoms with van der Waals surface area (Å²) < 4.78 is 1.48. The summed E-state index contributed by atoms with van der Waals surface area (Å²) in [4.78, 5) is 0. The Balaban J connectivity index is -0.000000125. The van der Waals surface area contributed by atoms with E-state index in [-0.39, 0.29) is 24.8 Å². The van der Waals surface area contributed by atoms with Gasteiger partial charge in [0.05, 0.1) is 0 Å². The van der Waals surface area contributed by atoms with Crippen LogP contribution in [0.1, 0.15) is 26.2 Å². The third-order valence-electron chi connectivity index (χ3n) is 0.808. The summed E-state index contributed by atoms with van der Waals surface area (Å²) in [5.74, 6) is 0. The molecule has 0 aromatic carbocycles. The van der Waals surface area contributed by atoms with Gasteiger partial charge in [-0.2, -0.15) is 0 Å². The van der Waals surface area contributed by atoms with Gasteiger partial charge in [0.25, 0.3) is 0 Å². The van der Waals surface area contributed by atoms with Crippen LogP contribution in [0.2, 0.25) is 4.18 Å². The Hall–Kier alpha value is 1.45. The molecule has 8 heavy (non-hydrogen) atoms. The van der Waals surface area contributed by atoms with Gasteiger partial charge in [-0.3, -0.25) is 0 Å². The van der Waals surface area contributed by atoms with Crippen molar-refractivity contribution in [2.75, 3.05) is 0 Å². The van der Waals surface area contributed by atoms with Gasteiger partial charge in [-0.1, -0.05) is 0 Å². The van der Waals surface area contributed by atoms with Gasteiger partial charge < -0.3 is 0 Å². The summed E-state index contributed by atoms with van der Waals surface area (Å²) in [6.07, 6.45) is 4.29. The molecular formula is C5H13Cl2In. The minimum absolute atomic E-state index is 0. The molecule has 0 aromatic rings. The number of halogens is 2. The van der Waals surface area contributed by atoms with Crippen LogP contribution in [0, 0.1) is 0 Å². The molecule has 0 nitrogen and oxygen atoms in total. The van der Waals surface area contributed by atoms with E-state index < -0.39 is 0 Å². The van der Waals surface area contributed by atoms with Crippen molar-refractivity contribution in [3.8, 4) is 0 Å². The molecule has 0 amide bonds. The summed E-state index contributed by atoms with van der Waals surface area (Å²) in [6, 6.07) is 0. The van der Waals surface area contributed by atoms with Gasteiger partial charge in [0.15, 0.2) is 0 Å². The van der Waals surface area contributed by atoms with Crippen molar-refractivity contribution >= 4 is 49.2 Å². The molecule has 0 aliphatic carbocycles. The second-order valence-electron chi connectivity index (χ2n) is 1.50. The number of unbranched alkanes of at least 4 members (excludes halogenated alkanes) is 2. The van der Waals surface area contributed by atoms with Crippen LogP contribution in [-0.4, -0.2) is 24.4 Å². The molecule has 0 saturated carbocycles. The van der Waals surface area contributed by atoms with Gasteiger partial charge in [-0.25, -0.2) is 0 Å². The van der Waals surface area contributed by atoms with Crippen LogP contribution >= 0.6 is 24.8 Å². The van der Waals surface area contributed by atoms with E-state index in [1.54, 1.807) is 0 Å². The van der Waals surface area contributed by atoms with E-state index in [4.69, 9.17) is 0 Å². The zero-order valence-corrected chi connectivity index (χ0v) is 10.2. The third kappa shape index (κ3) is 15.7. The van der Waals surface area contributed by atoms with E-state index in [9.17, 15) is 0 Å². The zero-order valence-electron chi connectivity index (χ0n) is 5.22. The predicted molar refractivity (Wildman–Crippen MR) is 44.6 cm³/mol. The molecule has 50 valence electrons. The van der Waals surface area contributed by atoms with Crippen molar-refractivity contribution in [3.05, 3.63) is 0 Å². The van der Waals surface area contributed by atoms with Crippen LogP contribution in [0.3, 0.4) is 0 Å².